The fourth-order valence-electron chi connectivity index (χ4n) is 9.59. The van der Waals surface area contributed by atoms with Crippen LogP contribution in [0.1, 0.15) is 75.1 Å². The Morgan fingerprint density at radius 2 is 1.96 bits per heavy atom. The molecule has 1 N–H and O–H groups in total. The van der Waals surface area contributed by atoms with Crippen molar-refractivity contribution >= 4 is 34.2 Å². The van der Waals surface area contributed by atoms with Crippen molar-refractivity contribution in [3.63, 3.8) is 0 Å². The highest BCUT2D eigenvalue weighted by Gasteiger charge is 2.67. The average Bonchev–Trinajstić information content (AvgIpc) is 3.65. The predicted octanol–water partition coefficient (Wildman–Crippen LogP) is 7.53. The summed E-state index contributed by atoms with van der Waals surface area (Å²) in [5.74, 6) is 1.33. The first-order valence-electron chi connectivity index (χ1n) is 17.8. The molecule has 2 bridgehead atoms. The molecule has 260 valence electrons. The first-order valence-corrected chi connectivity index (χ1v) is 18.2. The van der Waals surface area contributed by atoms with Crippen molar-refractivity contribution in [1.29, 1.82) is 5.26 Å². The number of nitrogens with zero attached hydrogens (tertiary/aromatic N) is 6. The van der Waals surface area contributed by atoms with E-state index >= 15 is 0 Å². The number of likely N-dealkylation sites (tertiary alicyclic amines) is 1. The second kappa shape index (κ2) is 12.5. The number of amides is 1. The number of aryl methyl sites for hydroxylation is 2. The third kappa shape index (κ3) is 5.88. The molecule has 2 aromatic heterocycles. The van der Waals surface area contributed by atoms with Crippen LogP contribution in [0.3, 0.4) is 0 Å². The van der Waals surface area contributed by atoms with Crippen LogP contribution in [-0.2, 0) is 17.9 Å². The summed E-state index contributed by atoms with van der Waals surface area (Å²) in [5.41, 5.74) is 4.89. The first-order chi connectivity index (χ1) is 24.1. The normalized spacial score (nSPS) is 25.7. The Bertz CT molecular complexity index is 2000. The lowest BCUT2D eigenvalue weighted by molar-refractivity contribution is -0.169. The second-order valence-corrected chi connectivity index (χ2v) is 15.8. The average molecular weight is 696 g/mol. The molecule has 4 heterocycles. The van der Waals surface area contributed by atoms with Gasteiger partial charge in [0.05, 0.1) is 11.2 Å². The molecule has 3 saturated carbocycles. The van der Waals surface area contributed by atoms with Crippen molar-refractivity contribution < 1.29 is 13.9 Å². The van der Waals surface area contributed by atoms with Crippen LogP contribution < -0.4 is 15.0 Å². The quantitative estimate of drug-likeness (QED) is 0.183. The summed E-state index contributed by atoms with van der Waals surface area (Å²) < 4.78 is 21.9. The number of hydrogen-bond acceptors (Lipinski definition) is 7. The molecule has 2 aromatic carbocycles. The van der Waals surface area contributed by atoms with Crippen LogP contribution in [0.4, 0.5) is 10.2 Å². The molecule has 2 aliphatic heterocycles. The van der Waals surface area contributed by atoms with Crippen molar-refractivity contribution in [2.75, 3.05) is 31.1 Å². The van der Waals surface area contributed by atoms with E-state index in [1.54, 1.807) is 6.20 Å². The highest BCUT2D eigenvalue weighted by molar-refractivity contribution is 6.32. The van der Waals surface area contributed by atoms with E-state index in [1.807, 2.05) is 6.92 Å². The van der Waals surface area contributed by atoms with Gasteiger partial charge in [0.15, 0.2) is 11.6 Å². The number of ether oxygens (including phenoxy) is 1. The van der Waals surface area contributed by atoms with Gasteiger partial charge in [-0.05, 0) is 105 Å². The van der Waals surface area contributed by atoms with Crippen molar-refractivity contribution in [3.05, 3.63) is 76.6 Å². The zero-order valence-corrected chi connectivity index (χ0v) is 29.5. The smallest absolute Gasteiger partial charge is 0.220 e. The third-order valence-corrected chi connectivity index (χ3v) is 12.3. The first kappa shape index (κ1) is 33.0. The molecule has 2 saturated heterocycles. The van der Waals surface area contributed by atoms with Gasteiger partial charge in [-0.3, -0.25) is 9.69 Å². The van der Waals surface area contributed by atoms with E-state index in [1.165, 1.54) is 41.0 Å². The third-order valence-electron chi connectivity index (χ3n) is 12.0. The number of rotatable bonds is 10. The van der Waals surface area contributed by atoms with E-state index in [-0.39, 0.29) is 21.9 Å². The van der Waals surface area contributed by atoms with Crippen LogP contribution in [0.2, 0.25) is 5.02 Å². The lowest BCUT2D eigenvalue weighted by Gasteiger charge is -2.71. The fourth-order valence-corrected chi connectivity index (χ4v) is 9.79. The molecule has 1 atom stereocenters. The lowest BCUT2D eigenvalue weighted by Crippen LogP contribution is -2.74. The number of benzene rings is 2. The molecule has 4 aromatic rings. The SMILES string of the molecule is CCC(=O)NC12CC(CCn3c(C#N)cc4c(C)c(CN5CCCC6(CCN(c7ncncc7Oc7ccc(F)cc7Cl)C6)C5)ccc43)(C1)C2. The Morgan fingerprint density at radius 3 is 2.74 bits per heavy atom. The number of halogens is 2. The van der Waals surface area contributed by atoms with Crippen LogP contribution in [0.25, 0.3) is 10.9 Å². The summed E-state index contributed by atoms with van der Waals surface area (Å²) >= 11 is 6.26. The van der Waals surface area contributed by atoms with E-state index in [2.05, 4.69) is 60.8 Å². The number of nitrogens with one attached hydrogen (secondary N) is 1. The molecular formula is C39H43ClFN7O2. The van der Waals surface area contributed by atoms with E-state index < -0.39 is 5.82 Å². The minimum Gasteiger partial charge on any atom is -0.450 e. The summed E-state index contributed by atoms with van der Waals surface area (Å²) in [6, 6.07) is 13.1. The van der Waals surface area contributed by atoms with Crippen molar-refractivity contribution in [2.24, 2.45) is 10.8 Å². The van der Waals surface area contributed by atoms with Gasteiger partial charge >= 0.3 is 0 Å². The maximum Gasteiger partial charge on any atom is 0.220 e. The monoisotopic (exact) mass is 695 g/mol. The Balaban J connectivity index is 0.935. The van der Waals surface area contributed by atoms with Crippen LogP contribution in [-0.4, -0.2) is 57.1 Å². The van der Waals surface area contributed by atoms with Gasteiger partial charge in [0.25, 0.3) is 0 Å². The molecule has 9 nitrogen and oxygen atoms in total. The molecule has 9 rings (SSSR count). The number of carbonyl (C=O) groups is 1. The molecule has 11 heteroatoms. The molecule has 50 heavy (non-hydrogen) atoms. The van der Waals surface area contributed by atoms with E-state index in [0.29, 0.717) is 23.3 Å². The lowest BCUT2D eigenvalue weighted by atomic mass is 9.38. The zero-order chi connectivity index (χ0) is 34.7. The number of anilines is 1. The Kier molecular flexibility index (Phi) is 8.27. The predicted molar refractivity (Wildman–Crippen MR) is 191 cm³/mol. The van der Waals surface area contributed by atoms with Gasteiger partial charge in [-0.1, -0.05) is 24.6 Å². The number of nitriles is 1. The molecule has 1 unspecified atom stereocenters. The van der Waals surface area contributed by atoms with Crippen molar-refractivity contribution in [1.82, 2.24) is 24.8 Å². The summed E-state index contributed by atoms with van der Waals surface area (Å²) in [5, 5.41) is 14.7. The van der Waals surface area contributed by atoms with Gasteiger partial charge in [-0.25, -0.2) is 14.4 Å². The Hall–Kier alpha value is -4.20. The maximum atomic E-state index is 13.6. The number of aromatic nitrogens is 3. The summed E-state index contributed by atoms with van der Waals surface area (Å²) in [4.78, 5) is 25.6. The molecule has 0 radical (unpaired) electrons. The van der Waals surface area contributed by atoms with Crippen LogP contribution in [0.5, 0.6) is 11.5 Å². The molecule has 1 spiro atoms. The maximum absolute atomic E-state index is 13.6. The van der Waals surface area contributed by atoms with Gasteiger partial charge in [0, 0.05) is 61.0 Å². The van der Waals surface area contributed by atoms with Gasteiger partial charge in [0.2, 0.25) is 5.91 Å². The van der Waals surface area contributed by atoms with Gasteiger partial charge in [0.1, 0.15) is 29.7 Å². The topological polar surface area (TPSA) is 99.3 Å². The number of piperidine rings is 1. The number of carbonyl (C=O) groups excluding carboxylic acids is 1. The molecule has 1 amide bonds. The zero-order valence-electron chi connectivity index (χ0n) is 28.8. The second-order valence-electron chi connectivity index (χ2n) is 15.4. The summed E-state index contributed by atoms with van der Waals surface area (Å²) in [6.45, 7) is 9.58. The Morgan fingerprint density at radius 1 is 1.12 bits per heavy atom. The summed E-state index contributed by atoms with van der Waals surface area (Å²) in [6.07, 6.45) is 11.3. The molecular weight excluding hydrogens is 653 g/mol. The van der Waals surface area contributed by atoms with E-state index in [4.69, 9.17) is 16.3 Å². The van der Waals surface area contributed by atoms with Crippen LogP contribution in [0.15, 0.2) is 48.9 Å². The number of fused-ring (bicyclic) bond motifs is 1. The largest absolute Gasteiger partial charge is 0.450 e. The highest BCUT2D eigenvalue weighted by Crippen LogP contribution is 2.69. The van der Waals surface area contributed by atoms with Crippen LogP contribution >= 0.6 is 11.6 Å². The molecule has 5 aliphatic rings. The molecule has 3 aliphatic carbocycles. The van der Waals surface area contributed by atoms with E-state index in [9.17, 15) is 14.4 Å². The summed E-state index contributed by atoms with van der Waals surface area (Å²) in [7, 11) is 0. The minimum atomic E-state index is -0.416. The van der Waals surface area contributed by atoms with E-state index in [0.717, 1.165) is 101 Å². The van der Waals surface area contributed by atoms with Crippen molar-refractivity contribution in [3.8, 4) is 17.6 Å². The Labute approximate surface area is 297 Å². The fraction of sp³-hybridized carbons (Fsp3) is 0.487. The van der Waals surface area contributed by atoms with Gasteiger partial charge in [-0.2, -0.15) is 5.26 Å². The standard InChI is InChI=1S/C39H43ClFN7O2/c1-3-35(49)45-39-20-38(21-39,22-39)11-14-48-29(17-42)16-30-26(2)27(5-7-32(30)48)19-46-12-4-9-37(23-46)10-13-47(24-37)36-34(18-43-25-44-36)50-33-8-6-28(41)15-31(33)40/h5-8,15-16,18,25H,3-4,9-14,19-24H2,1-2H3,(H,45,49). The van der Waals surface area contributed by atoms with Gasteiger partial charge in [-0.15, -0.1) is 0 Å². The minimum absolute atomic E-state index is 0.0342. The van der Waals surface area contributed by atoms with Crippen molar-refractivity contribution in [2.45, 2.75) is 83.8 Å². The van der Waals surface area contributed by atoms with Crippen LogP contribution in [0, 0.1) is 34.9 Å². The highest BCUT2D eigenvalue weighted by atomic mass is 35.5. The number of hydrogen-bond donors (Lipinski definition) is 1. The molecule has 5 fully saturated rings. The van der Waals surface area contributed by atoms with Gasteiger partial charge < -0.3 is 19.5 Å².